The minimum absolute atomic E-state index is 0.188. The van der Waals surface area contributed by atoms with Crippen molar-refractivity contribution in [3.05, 3.63) is 53.2 Å². The Labute approximate surface area is 169 Å². The standard InChI is InChI=1S/C22H33N5O/c1-7-17(3)28-20-13-16(2)10-11-18(20)14-25-22(23-4)26-15-19-9-8-12-24-21(19)27(5)6/h8-13,17H,7,14-15H2,1-6H3,(H2,23,25,26). The van der Waals surface area contributed by atoms with Gasteiger partial charge in [0.25, 0.3) is 0 Å². The van der Waals surface area contributed by atoms with Gasteiger partial charge in [0, 0.05) is 51.6 Å². The number of aliphatic imine (C=N–C) groups is 1. The van der Waals surface area contributed by atoms with Crippen molar-refractivity contribution in [3.8, 4) is 5.75 Å². The Bertz CT molecular complexity index is 788. The lowest BCUT2D eigenvalue weighted by atomic mass is 10.1. The number of aryl methyl sites for hydroxylation is 1. The minimum atomic E-state index is 0.188. The zero-order valence-electron chi connectivity index (χ0n) is 17.9. The Balaban J connectivity index is 2.01. The zero-order valence-corrected chi connectivity index (χ0v) is 17.9. The molecule has 1 atom stereocenters. The van der Waals surface area contributed by atoms with Gasteiger partial charge in [0.15, 0.2) is 5.96 Å². The number of nitrogens with one attached hydrogen (secondary N) is 2. The molecule has 0 radical (unpaired) electrons. The van der Waals surface area contributed by atoms with Crippen molar-refractivity contribution < 1.29 is 4.74 Å². The molecular formula is C22H33N5O. The van der Waals surface area contributed by atoms with E-state index in [1.165, 1.54) is 5.56 Å². The summed E-state index contributed by atoms with van der Waals surface area (Å²) >= 11 is 0. The first kappa shape index (κ1) is 21.5. The largest absolute Gasteiger partial charge is 0.490 e. The predicted octanol–water partition coefficient (Wildman–Crippen LogP) is 3.50. The van der Waals surface area contributed by atoms with Crippen LogP contribution in [0.1, 0.15) is 37.0 Å². The highest BCUT2D eigenvalue weighted by Crippen LogP contribution is 2.22. The molecule has 0 fully saturated rings. The highest BCUT2D eigenvalue weighted by Gasteiger charge is 2.10. The van der Waals surface area contributed by atoms with Gasteiger partial charge in [0.1, 0.15) is 11.6 Å². The van der Waals surface area contributed by atoms with E-state index in [9.17, 15) is 0 Å². The van der Waals surface area contributed by atoms with Crippen LogP contribution in [0.2, 0.25) is 0 Å². The Morgan fingerprint density at radius 3 is 2.54 bits per heavy atom. The van der Waals surface area contributed by atoms with Gasteiger partial charge in [0.05, 0.1) is 6.10 Å². The van der Waals surface area contributed by atoms with Gasteiger partial charge in [-0.15, -0.1) is 0 Å². The maximum absolute atomic E-state index is 6.10. The van der Waals surface area contributed by atoms with E-state index in [1.54, 1.807) is 7.05 Å². The van der Waals surface area contributed by atoms with Crippen LogP contribution >= 0.6 is 0 Å². The summed E-state index contributed by atoms with van der Waals surface area (Å²) in [4.78, 5) is 10.8. The van der Waals surface area contributed by atoms with Gasteiger partial charge in [-0.3, -0.25) is 4.99 Å². The average Bonchev–Trinajstić information content (AvgIpc) is 2.69. The van der Waals surface area contributed by atoms with Crippen LogP contribution in [0.15, 0.2) is 41.5 Å². The summed E-state index contributed by atoms with van der Waals surface area (Å²) in [7, 11) is 5.77. The van der Waals surface area contributed by atoms with Crippen molar-refractivity contribution in [1.29, 1.82) is 0 Å². The van der Waals surface area contributed by atoms with Crippen LogP contribution in [0.3, 0.4) is 0 Å². The maximum Gasteiger partial charge on any atom is 0.191 e. The minimum Gasteiger partial charge on any atom is -0.490 e. The Hall–Kier alpha value is -2.76. The van der Waals surface area contributed by atoms with E-state index >= 15 is 0 Å². The summed E-state index contributed by atoms with van der Waals surface area (Å²) in [5.74, 6) is 2.62. The SMILES string of the molecule is CCC(C)Oc1cc(C)ccc1CNC(=NC)NCc1cccnc1N(C)C. The second-order valence-electron chi connectivity index (χ2n) is 7.11. The van der Waals surface area contributed by atoms with E-state index in [2.05, 4.69) is 65.6 Å². The summed E-state index contributed by atoms with van der Waals surface area (Å²) in [6.07, 6.45) is 2.97. The summed E-state index contributed by atoms with van der Waals surface area (Å²) in [5.41, 5.74) is 3.42. The maximum atomic E-state index is 6.10. The van der Waals surface area contributed by atoms with E-state index in [1.807, 2.05) is 31.3 Å². The third-order valence-electron chi connectivity index (χ3n) is 4.53. The number of nitrogens with zero attached hydrogens (tertiary/aromatic N) is 3. The van der Waals surface area contributed by atoms with Gasteiger partial charge >= 0.3 is 0 Å². The molecule has 28 heavy (non-hydrogen) atoms. The van der Waals surface area contributed by atoms with Crippen LogP contribution in [0.4, 0.5) is 5.82 Å². The van der Waals surface area contributed by atoms with Crippen LogP contribution in [0, 0.1) is 6.92 Å². The molecular weight excluding hydrogens is 350 g/mol. The Kier molecular flexibility index (Phi) is 8.11. The summed E-state index contributed by atoms with van der Waals surface area (Å²) < 4.78 is 6.10. The number of benzene rings is 1. The van der Waals surface area contributed by atoms with Gasteiger partial charge in [0.2, 0.25) is 0 Å². The number of hydrogen-bond donors (Lipinski definition) is 2. The first-order valence-electron chi connectivity index (χ1n) is 9.76. The van der Waals surface area contributed by atoms with E-state index in [0.29, 0.717) is 13.1 Å². The molecule has 1 aromatic carbocycles. The molecule has 0 bridgehead atoms. The smallest absolute Gasteiger partial charge is 0.191 e. The number of hydrogen-bond acceptors (Lipinski definition) is 4. The molecule has 0 saturated heterocycles. The second-order valence-corrected chi connectivity index (χ2v) is 7.11. The lowest BCUT2D eigenvalue weighted by Crippen LogP contribution is -2.36. The number of rotatable bonds is 8. The van der Waals surface area contributed by atoms with Crippen molar-refractivity contribution in [3.63, 3.8) is 0 Å². The van der Waals surface area contributed by atoms with Gasteiger partial charge in [-0.1, -0.05) is 25.1 Å². The van der Waals surface area contributed by atoms with Gasteiger partial charge in [-0.25, -0.2) is 4.98 Å². The molecule has 0 aliphatic heterocycles. The van der Waals surface area contributed by atoms with Gasteiger partial charge in [-0.05, 0) is 38.0 Å². The van der Waals surface area contributed by atoms with Crippen molar-refractivity contribution in [1.82, 2.24) is 15.6 Å². The molecule has 1 heterocycles. The highest BCUT2D eigenvalue weighted by atomic mass is 16.5. The molecule has 2 aromatic rings. The number of ether oxygens (including phenoxy) is 1. The van der Waals surface area contributed by atoms with Crippen molar-refractivity contribution >= 4 is 11.8 Å². The van der Waals surface area contributed by atoms with Crippen LogP contribution < -0.4 is 20.3 Å². The van der Waals surface area contributed by atoms with Crippen LogP contribution in [-0.4, -0.2) is 38.2 Å². The fraction of sp³-hybridized carbons (Fsp3) is 0.455. The monoisotopic (exact) mass is 383 g/mol. The summed E-state index contributed by atoms with van der Waals surface area (Å²) in [6.45, 7) is 7.59. The third-order valence-corrected chi connectivity index (χ3v) is 4.53. The molecule has 0 aliphatic rings. The molecule has 0 aliphatic carbocycles. The highest BCUT2D eigenvalue weighted by molar-refractivity contribution is 5.79. The molecule has 2 rings (SSSR count). The van der Waals surface area contributed by atoms with Crippen molar-refractivity contribution in [2.45, 2.75) is 46.4 Å². The molecule has 1 unspecified atom stereocenters. The topological polar surface area (TPSA) is 61.8 Å². The Morgan fingerprint density at radius 2 is 1.89 bits per heavy atom. The van der Waals surface area contributed by atoms with E-state index in [0.717, 1.165) is 35.1 Å². The van der Waals surface area contributed by atoms with Crippen LogP contribution in [0.5, 0.6) is 5.75 Å². The van der Waals surface area contributed by atoms with Crippen molar-refractivity contribution in [2.75, 3.05) is 26.0 Å². The first-order chi connectivity index (χ1) is 13.4. The van der Waals surface area contributed by atoms with E-state index in [-0.39, 0.29) is 6.10 Å². The third kappa shape index (κ3) is 6.15. The fourth-order valence-electron chi connectivity index (χ4n) is 2.77. The average molecular weight is 384 g/mol. The number of aromatic nitrogens is 1. The number of anilines is 1. The molecule has 1 aromatic heterocycles. The van der Waals surface area contributed by atoms with Crippen LogP contribution in [0.25, 0.3) is 0 Å². The first-order valence-corrected chi connectivity index (χ1v) is 9.76. The summed E-state index contributed by atoms with van der Waals surface area (Å²) in [5, 5.41) is 6.75. The summed E-state index contributed by atoms with van der Waals surface area (Å²) in [6, 6.07) is 10.3. The molecule has 6 heteroatoms. The van der Waals surface area contributed by atoms with E-state index in [4.69, 9.17) is 4.74 Å². The van der Waals surface area contributed by atoms with E-state index < -0.39 is 0 Å². The van der Waals surface area contributed by atoms with Gasteiger partial charge in [-0.2, -0.15) is 0 Å². The predicted molar refractivity (Wildman–Crippen MR) is 117 cm³/mol. The van der Waals surface area contributed by atoms with Crippen molar-refractivity contribution in [2.24, 2.45) is 4.99 Å². The molecule has 0 saturated carbocycles. The number of guanidine groups is 1. The molecule has 2 N–H and O–H groups in total. The molecule has 0 amide bonds. The normalized spacial score (nSPS) is 12.4. The van der Waals surface area contributed by atoms with Crippen LogP contribution in [-0.2, 0) is 13.1 Å². The lowest BCUT2D eigenvalue weighted by Gasteiger charge is -2.19. The molecule has 6 nitrogen and oxygen atoms in total. The number of pyridine rings is 1. The fourth-order valence-corrected chi connectivity index (χ4v) is 2.77. The molecule has 152 valence electrons. The lowest BCUT2D eigenvalue weighted by molar-refractivity contribution is 0.215. The quantitative estimate of drug-likeness (QED) is 0.540. The molecule has 0 spiro atoms. The second kappa shape index (κ2) is 10.5. The van der Waals surface area contributed by atoms with Gasteiger partial charge < -0.3 is 20.3 Å². The zero-order chi connectivity index (χ0) is 20.5. The Morgan fingerprint density at radius 1 is 1.18 bits per heavy atom.